The summed E-state index contributed by atoms with van der Waals surface area (Å²) in [6, 6.07) is 3.20. The van der Waals surface area contributed by atoms with Gasteiger partial charge in [0.1, 0.15) is 23.6 Å². The molecular formula is C18H14F2N4OS. The molecule has 0 atom stereocenters. The zero-order chi connectivity index (χ0) is 17.7. The van der Waals surface area contributed by atoms with E-state index in [1.807, 2.05) is 0 Å². The average molecular weight is 372 g/mol. The van der Waals surface area contributed by atoms with Gasteiger partial charge in [0.15, 0.2) is 23.0 Å². The van der Waals surface area contributed by atoms with Crippen LogP contribution in [0.15, 0.2) is 24.5 Å². The molecule has 3 heterocycles. The number of thiophene rings is 1. The number of aryl methyl sites for hydroxylation is 2. The number of aromatic nitrogens is 4. The minimum absolute atomic E-state index is 0.00193. The highest BCUT2D eigenvalue weighted by molar-refractivity contribution is 7.19. The molecular weight excluding hydrogens is 358 g/mol. The molecule has 3 aromatic heterocycles. The Kier molecular flexibility index (Phi) is 3.59. The predicted molar refractivity (Wildman–Crippen MR) is 93.5 cm³/mol. The highest BCUT2D eigenvalue weighted by atomic mass is 32.1. The number of hydrogen-bond acceptors (Lipinski definition) is 5. The fourth-order valence-corrected chi connectivity index (χ4v) is 4.62. The van der Waals surface area contributed by atoms with Crippen molar-refractivity contribution in [2.45, 2.75) is 32.3 Å². The normalized spacial score (nSPS) is 14.1. The molecule has 26 heavy (non-hydrogen) atoms. The Hall–Kier alpha value is -2.61. The lowest BCUT2D eigenvalue weighted by Crippen LogP contribution is -2.00. The Balaban J connectivity index is 1.51. The van der Waals surface area contributed by atoms with Crippen molar-refractivity contribution in [3.05, 3.63) is 52.4 Å². The standard InChI is InChI=1S/C18H14F2N4OS/c19-10-5-6-13(12(20)7-10)25-8-15-22-17-16-11-3-1-2-4-14(11)26-18(16)21-9-24(17)23-15/h5-7,9H,1-4,8H2. The average Bonchev–Trinajstić information content (AvgIpc) is 3.21. The highest BCUT2D eigenvalue weighted by Gasteiger charge is 2.20. The Morgan fingerprint density at radius 1 is 1.19 bits per heavy atom. The van der Waals surface area contributed by atoms with Crippen molar-refractivity contribution in [2.24, 2.45) is 0 Å². The quantitative estimate of drug-likeness (QED) is 0.544. The van der Waals surface area contributed by atoms with Gasteiger partial charge in [-0.1, -0.05) is 0 Å². The lowest BCUT2D eigenvalue weighted by atomic mass is 9.97. The molecule has 0 fully saturated rings. The van der Waals surface area contributed by atoms with E-state index in [0.29, 0.717) is 5.82 Å². The van der Waals surface area contributed by atoms with Crippen molar-refractivity contribution in [1.29, 1.82) is 0 Å². The zero-order valence-electron chi connectivity index (χ0n) is 13.7. The second-order valence-corrected chi connectivity index (χ2v) is 7.38. The van der Waals surface area contributed by atoms with Crippen molar-refractivity contribution in [2.75, 3.05) is 0 Å². The van der Waals surface area contributed by atoms with Gasteiger partial charge in [0.05, 0.1) is 5.39 Å². The van der Waals surface area contributed by atoms with E-state index in [1.165, 1.54) is 29.3 Å². The van der Waals surface area contributed by atoms with Gasteiger partial charge in [-0.2, -0.15) is 0 Å². The molecule has 0 N–H and O–H groups in total. The van der Waals surface area contributed by atoms with Crippen molar-refractivity contribution in [3.8, 4) is 5.75 Å². The molecule has 0 saturated heterocycles. The predicted octanol–water partition coefficient (Wildman–Crippen LogP) is 4.08. The number of hydrogen-bond donors (Lipinski definition) is 0. The van der Waals surface area contributed by atoms with Gasteiger partial charge in [0.25, 0.3) is 0 Å². The van der Waals surface area contributed by atoms with Gasteiger partial charge in [0, 0.05) is 10.9 Å². The monoisotopic (exact) mass is 372 g/mol. The third kappa shape index (κ3) is 2.52. The van der Waals surface area contributed by atoms with Crippen LogP contribution in [0.5, 0.6) is 5.75 Å². The maximum Gasteiger partial charge on any atom is 0.189 e. The third-order valence-electron chi connectivity index (χ3n) is 4.59. The van der Waals surface area contributed by atoms with Gasteiger partial charge in [-0.05, 0) is 43.4 Å². The smallest absolute Gasteiger partial charge is 0.189 e. The summed E-state index contributed by atoms with van der Waals surface area (Å²) in [6.07, 6.45) is 6.17. The molecule has 1 aliphatic carbocycles. The molecule has 8 heteroatoms. The Morgan fingerprint density at radius 3 is 2.96 bits per heavy atom. The molecule has 0 amide bonds. The van der Waals surface area contributed by atoms with Crippen LogP contribution in [0.4, 0.5) is 8.78 Å². The van der Waals surface area contributed by atoms with E-state index in [9.17, 15) is 8.78 Å². The first-order chi connectivity index (χ1) is 12.7. The van der Waals surface area contributed by atoms with E-state index in [-0.39, 0.29) is 12.4 Å². The summed E-state index contributed by atoms with van der Waals surface area (Å²) in [4.78, 5) is 11.5. The van der Waals surface area contributed by atoms with Crippen molar-refractivity contribution in [1.82, 2.24) is 19.6 Å². The molecule has 132 valence electrons. The molecule has 0 unspecified atom stereocenters. The number of fused-ring (bicyclic) bond motifs is 5. The van der Waals surface area contributed by atoms with Gasteiger partial charge in [-0.3, -0.25) is 0 Å². The summed E-state index contributed by atoms with van der Waals surface area (Å²) in [5.74, 6) is -0.985. The van der Waals surface area contributed by atoms with Crippen LogP contribution in [0.3, 0.4) is 0 Å². The van der Waals surface area contributed by atoms with Crippen molar-refractivity contribution in [3.63, 3.8) is 0 Å². The Bertz CT molecular complexity index is 1140. The fourth-order valence-electron chi connectivity index (χ4n) is 3.39. The van der Waals surface area contributed by atoms with E-state index in [2.05, 4.69) is 15.1 Å². The minimum atomic E-state index is -0.746. The topological polar surface area (TPSA) is 52.3 Å². The highest BCUT2D eigenvalue weighted by Crippen LogP contribution is 2.36. The molecule has 0 bridgehead atoms. The molecule has 1 aliphatic rings. The summed E-state index contributed by atoms with van der Waals surface area (Å²) in [5.41, 5.74) is 2.09. The Labute approximate surface area is 151 Å². The van der Waals surface area contributed by atoms with E-state index in [4.69, 9.17) is 4.74 Å². The number of halogens is 2. The molecule has 0 saturated carbocycles. The van der Waals surface area contributed by atoms with Crippen molar-refractivity contribution >= 4 is 27.2 Å². The van der Waals surface area contributed by atoms with Crippen LogP contribution in [0.25, 0.3) is 15.9 Å². The second-order valence-electron chi connectivity index (χ2n) is 6.30. The van der Waals surface area contributed by atoms with Crippen LogP contribution in [-0.4, -0.2) is 19.6 Å². The number of benzene rings is 1. The molecule has 1 aromatic carbocycles. The first kappa shape index (κ1) is 15.6. The maximum absolute atomic E-state index is 13.7. The van der Waals surface area contributed by atoms with E-state index < -0.39 is 11.6 Å². The van der Waals surface area contributed by atoms with Gasteiger partial charge < -0.3 is 4.74 Å². The van der Waals surface area contributed by atoms with Crippen LogP contribution >= 0.6 is 11.3 Å². The lowest BCUT2D eigenvalue weighted by Gasteiger charge is -2.09. The summed E-state index contributed by atoms with van der Waals surface area (Å²) in [5, 5.41) is 5.45. The number of rotatable bonds is 3. The van der Waals surface area contributed by atoms with Crippen LogP contribution in [0.1, 0.15) is 29.1 Å². The molecule has 5 nitrogen and oxygen atoms in total. The minimum Gasteiger partial charge on any atom is -0.482 e. The van der Waals surface area contributed by atoms with Crippen LogP contribution in [0, 0.1) is 11.6 Å². The molecule has 0 spiro atoms. The zero-order valence-corrected chi connectivity index (χ0v) is 14.5. The van der Waals surface area contributed by atoms with Gasteiger partial charge in [0.2, 0.25) is 0 Å². The molecule has 0 radical (unpaired) electrons. The molecule has 4 aromatic rings. The summed E-state index contributed by atoms with van der Waals surface area (Å²) in [7, 11) is 0. The Morgan fingerprint density at radius 2 is 2.08 bits per heavy atom. The van der Waals surface area contributed by atoms with E-state index in [0.717, 1.165) is 40.8 Å². The second kappa shape index (κ2) is 5.98. The third-order valence-corrected chi connectivity index (χ3v) is 5.79. The summed E-state index contributed by atoms with van der Waals surface area (Å²) >= 11 is 1.73. The maximum atomic E-state index is 13.7. The van der Waals surface area contributed by atoms with Crippen LogP contribution in [0.2, 0.25) is 0 Å². The molecule has 5 rings (SSSR count). The number of nitrogens with zero attached hydrogens (tertiary/aromatic N) is 4. The van der Waals surface area contributed by atoms with E-state index >= 15 is 0 Å². The number of ether oxygens (including phenoxy) is 1. The largest absolute Gasteiger partial charge is 0.482 e. The van der Waals surface area contributed by atoms with E-state index in [1.54, 1.807) is 22.2 Å². The first-order valence-electron chi connectivity index (χ1n) is 8.41. The van der Waals surface area contributed by atoms with Crippen LogP contribution < -0.4 is 4.74 Å². The summed E-state index contributed by atoms with van der Waals surface area (Å²) < 4.78 is 33.7. The molecule has 0 aliphatic heterocycles. The van der Waals surface area contributed by atoms with Gasteiger partial charge in [-0.15, -0.1) is 16.4 Å². The SMILES string of the molecule is Fc1ccc(OCc2nc3c4c5c(sc4ncn3n2)CCCC5)c(F)c1. The lowest BCUT2D eigenvalue weighted by molar-refractivity contribution is 0.280. The van der Waals surface area contributed by atoms with Crippen molar-refractivity contribution < 1.29 is 13.5 Å². The van der Waals surface area contributed by atoms with Gasteiger partial charge in [-0.25, -0.2) is 23.3 Å². The van der Waals surface area contributed by atoms with Crippen LogP contribution in [-0.2, 0) is 19.4 Å². The van der Waals surface area contributed by atoms with Gasteiger partial charge >= 0.3 is 0 Å². The summed E-state index contributed by atoms with van der Waals surface area (Å²) in [6.45, 7) is -0.00193. The first-order valence-corrected chi connectivity index (χ1v) is 9.23. The fraction of sp³-hybridized carbons (Fsp3) is 0.278.